The van der Waals surface area contributed by atoms with Crippen LogP contribution in [0.25, 0.3) is 11.0 Å². The van der Waals surface area contributed by atoms with Crippen LogP contribution in [0.5, 0.6) is 0 Å². The minimum absolute atomic E-state index is 0.770. The van der Waals surface area contributed by atoms with Crippen LogP contribution in [0.15, 0.2) is 41.0 Å². The minimum atomic E-state index is 0.770. The van der Waals surface area contributed by atoms with E-state index < -0.39 is 0 Å². The first-order valence-electron chi connectivity index (χ1n) is 6.41. The van der Waals surface area contributed by atoms with Crippen molar-refractivity contribution in [3.8, 4) is 0 Å². The number of aryl methyl sites for hydroxylation is 2. The third-order valence-corrected chi connectivity index (χ3v) is 3.74. The molecule has 1 N–H and O–H groups in total. The molecule has 2 heterocycles. The maximum Gasteiger partial charge on any atom is 0.157 e. The topological polar surface area (TPSA) is 42.7 Å². The summed E-state index contributed by atoms with van der Waals surface area (Å²) < 4.78 is 2.90. The van der Waals surface area contributed by atoms with Gasteiger partial charge in [0.2, 0.25) is 0 Å². The van der Waals surface area contributed by atoms with Gasteiger partial charge in [-0.1, -0.05) is 28.1 Å². The molecule has 0 fully saturated rings. The van der Waals surface area contributed by atoms with Crippen molar-refractivity contribution in [2.45, 2.75) is 13.5 Å². The van der Waals surface area contributed by atoms with Crippen molar-refractivity contribution in [2.75, 3.05) is 5.32 Å². The lowest BCUT2D eigenvalue weighted by Crippen LogP contribution is -2.00. The number of hydrogen-bond acceptors (Lipinski definition) is 3. The highest BCUT2D eigenvalue weighted by Crippen LogP contribution is 2.20. The Bertz CT molecular complexity index is 764. The van der Waals surface area contributed by atoms with Crippen LogP contribution in [0, 0.1) is 6.92 Å². The lowest BCUT2D eigenvalue weighted by atomic mass is 10.2. The summed E-state index contributed by atoms with van der Waals surface area (Å²) in [5.74, 6) is 0. The van der Waals surface area contributed by atoms with E-state index in [0.29, 0.717) is 0 Å². The lowest BCUT2D eigenvalue weighted by molar-refractivity contribution is 0.774. The number of aromatic nitrogens is 3. The van der Waals surface area contributed by atoms with Crippen molar-refractivity contribution in [3.05, 3.63) is 52.3 Å². The average molecular weight is 331 g/mol. The van der Waals surface area contributed by atoms with Gasteiger partial charge in [-0.25, -0.2) is 4.98 Å². The molecule has 20 heavy (non-hydrogen) atoms. The highest BCUT2D eigenvalue weighted by Gasteiger charge is 2.06. The molecule has 0 aliphatic carbocycles. The molecule has 3 rings (SSSR count). The smallest absolute Gasteiger partial charge is 0.157 e. The van der Waals surface area contributed by atoms with E-state index in [1.807, 2.05) is 37.0 Å². The monoisotopic (exact) mass is 330 g/mol. The van der Waals surface area contributed by atoms with Gasteiger partial charge in [0.1, 0.15) is 0 Å². The zero-order valence-electron chi connectivity index (χ0n) is 11.4. The van der Waals surface area contributed by atoms with Crippen LogP contribution in [0.3, 0.4) is 0 Å². The fourth-order valence-electron chi connectivity index (χ4n) is 2.26. The zero-order chi connectivity index (χ0) is 14.1. The fraction of sp³-hybridized carbons (Fsp3) is 0.200. The molecule has 5 heteroatoms. The molecule has 0 saturated carbocycles. The first kappa shape index (κ1) is 13.1. The molecule has 0 aliphatic heterocycles. The zero-order valence-corrected chi connectivity index (χ0v) is 13.0. The summed E-state index contributed by atoms with van der Waals surface area (Å²) in [6.45, 7) is 2.77. The second kappa shape index (κ2) is 5.25. The number of nitrogens with zero attached hydrogens (tertiary/aromatic N) is 3. The number of nitrogens with one attached hydrogen (secondary N) is 1. The molecule has 3 aromatic rings. The summed E-state index contributed by atoms with van der Waals surface area (Å²) in [5, 5.41) is 8.87. The Hall–Kier alpha value is -1.88. The molecule has 0 saturated heterocycles. The van der Waals surface area contributed by atoms with E-state index in [9.17, 15) is 0 Å². The van der Waals surface area contributed by atoms with Gasteiger partial charge < -0.3 is 5.32 Å². The molecule has 0 amide bonds. The van der Waals surface area contributed by atoms with Crippen LogP contribution in [0.2, 0.25) is 0 Å². The quantitative estimate of drug-likeness (QED) is 0.797. The summed E-state index contributed by atoms with van der Waals surface area (Å²) >= 11 is 3.48. The second-order valence-corrected chi connectivity index (χ2v) is 5.70. The molecule has 0 bridgehead atoms. The predicted molar refractivity (Wildman–Crippen MR) is 84.7 cm³/mol. The van der Waals surface area contributed by atoms with Gasteiger partial charge in [0.05, 0.1) is 17.6 Å². The van der Waals surface area contributed by atoms with Gasteiger partial charge in [-0.05, 0) is 30.7 Å². The first-order valence-corrected chi connectivity index (χ1v) is 7.20. The molecule has 102 valence electrons. The normalized spacial score (nSPS) is 10.9. The number of fused-ring (bicyclic) bond motifs is 1. The molecule has 0 atom stereocenters. The maximum atomic E-state index is 4.46. The van der Waals surface area contributed by atoms with Gasteiger partial charge >= 0.3 is 0 Å². The Labute approximate surface area is 126 Å². The van der Waals surface area contributed by atoms with E-state index in [1.165, 1.54) is 5.56 Å². The van der Waals surface area contributed by atoms with E-state index >= 15 is 0 Å². The standard InChI is InChI=1S/C15H15BrN4/c1-10-14-7-13(9-18-15(14)20(2)19-10)17-8-11-4-3-5-12(16)6-11/h3-7,9,17H,8H2,1-2H3. The van der Waals surface area contributed by atoms with Crippen molar-refractivity contribution in [3.63, 3.8) is 0 Å². The van der Waals surface area contributed by atoms with Crippen molar-refractivity contribution in [1.82, 2.24) is 14.8 Å². The van der Waals surface area contributed by atoms with Crippen LogP contribution in [-0.4, -0.2) is 14.8 Å². The van der Waals surface area contributed by atoms with Crippen LogP contribution in [-0.2, 0) is 13.6 Å². The largest absolute Gasteiger partial charge is 0.380 e. The Morgan fingerprint density at radius 3 is 2.95 bits per heavy atom. The average Bonchev–Trinajstić information content (AvgIpc) is 2.72. The molecule has 4 nitrogen and oxygen atoms in total. The molecule has 0 aliphatic rings. The van der Waals surface area contributed by atoms with Crippen LogP contribution in [0.4, 0.5) is 5.69 Å². The molecular weight excluding hydrogens is 316 g/mol. The molecule has 0 unspecified atom stereocenters. The summed E-state index contributed by atoms with van der Waals surface area (Å²) in [5.41, 5.74) is 4.15. The van der Waals surface area contributed by atoms with Gasteiger partial charge in [-0.3, -0.25) is 4.68 Å². The van der Waals surface area contributed by atoms with Crippen molar-refractivity contribution in [1.29, 1.82) is 0 Å². The molecule has 0 radical (unpaired) electrons. The molecule has 0 spiro atoms. The fourth-order valence-corrected chi connectivity index (χ4v) is 2.70. The highest BCUT2D eigenvalue weighted by molar-refractivity contribution is 9.10. The number of pyridine rings is 1. The number of rotatable bonds is 3. The number of halogens is 1. The Kier molecular flexibility index (Phi) is 3.44. The van der Waals surface area contributed by atoms with Gasteiger partial charge in [0, 0.05) is 23.5 Å². The van der Waals surface area contributed by atoms with Gasteiger partial charge in [-0.2, -0.15) is 5.10 Å². The summed E-state index contributed by atoms with van der Waals surface area (Å²) in [6.07, 6.45) is 1.85. The van der Waals surface area contributed by atoms with Gasteiger partial charge in [0.15, 0.2) is 5.65 Å². The van der Waals surface area contributed by atoms with Crippen molar-refractivity contribution < 1.29 is 0 Å². The van der Waals surface area contributed by atoms with E-state index in [0.717, 1.165) is 33.4 Å². The lowest BCUT2D eigenvalue weighted by Gasteiger charge is -2.07. The van der Waals surface area contributed by atoms with E-state index in [2.05, 4.69) is 49.5 Å². The summed E-state index contributed by atoms with van der Waals surface area (Å²) in [4.78, 5) is 4.46. The van der Waals surface area contributed by atoms with Crippen LogP contribution in [0.1, 0.15) is 11.3 Å². The third-order valence-electron chi connectivity index (χ3n) is 3.25. The molecular formula is C15H15BrN4. The number of benzene rings is 1. The van der Waals surface area contributed by atoms with Gasteiger partial charge in [0.25, 0.3) is 0 Å². The Morgan fingerprint density at radius 2 is 2.15 bits per heavy atom. The minimum Gasteiger partial charge on any atom is -0.380 e. The Balaban J connectivity index is 1.83. The summed E-state index contributed by atoms with van der Waals surface area (Å²) in [7, 11) is 1.91. The van der Waals surface area contributed by atoms with Gasteiger partial charge in [-0.15, -0.1) is 0 Å². The molecule has 2 aromatic heterocycles. The van der Waals surface area contributed by atoms with Crippen LogP contribution >= 0.6 is 15.9 Å². The third kappa shape index (κ3) is 2.54. The first-order chi connectivity index (χ1) is 9.63. The number of hydrogen-bond donors (Lipinski definition) is 1. The van der Waals surface area contributed by atoms with Crippen LogP contribution < -0.4 is 5.32 Å². The second-order valence-electron chi connectivity index (χ2n) is 4.79. The highest BCUT2D eigenvalue weighted by atomic mass is 79.9. The van der Waals surface area contributed by atoms with E-state index in [-0.39, 0.29) is 0 Å². The van der Waals surface area contributed by atoms with Crippen molar-refractivity contribution in [2.24, 2.45) is 7.05 Å². The summed E-state index contributed by atoms with van der Waals surface area (Å²) in [6, 6.07) is 10.4. The predicted octanol–water partition coefficient (Wildman–Crippen LogP) is 3.65. The van der Waals surface area contributed by atoms with E-state index in [1.54, 1.807) is 0 Å². The Morgan fingerprint density at radius 1 is 1.30 bits per heavy atom. The van der Waals surface area contributed by atoms with Crippen molar-refractivity contribution >= 4 is 32.7 Å². The number of anilines is 1. The van der Waals surface area contributed by atoms with E-state index in [4.69, 9.17) is 0 Å². The SMILES string of the molecule is Cc1nn(C)c2ncc(NCc3cccc(Br)c3)cc12. The maximum absolute atomic E-state index is 4.46. The molecule has 1 aromatic carbocycles.